The number of carbonyl (C=O) groups is 1. The van der Waals surface area contributed by atoms with Gasteiger partial charge in [0, 0.05) is 36.3 Å². The van der Waals surface area contributed by atoms with Gasteiger partial charge in [-0.2, -0.15) is 4.36 Å². The third kappa shape index (κ3) is 3.61. The summed E-state index contributed by atoms with van der Waals surface area (Å²) in [5, 5.41) is -0.237. The molecule has 1 amide bonds. The van der Waals surface area contributed by atoms with Gasteiger partial charge < -0.3 is 4.74 Å². The number of rotatable bonds is 2. The van der Waals surface area contributed by atoms with Crippen molar-refractivity contribution >= 4 is 15.6 Å². The average Bonchev–Trinajstić information content (AvgIpc) is 2.38. The second-order valence-electron chi connectivity index (χ2n) is 4.73. The third-order valence-corrected chi connectivity index (χ3v) is 5.40. The van der Waals surface area contributed by atoms with Crippen molar-refractivity contribution < 1.29 is 22.5 Å². The molecular formula is C13H15F2NO3S. The highest BCUT2D eigenvalue weighted by Gasteiger charge is 2.23. The topological polar surface area (TPSA) is 55.7 Å². The van der Waals surface area contributed by atoms with Gasteiger partial charge in [0.15, 0.2) is 0 Å². The normalized spacial score (nSPS) is 19.4. The van der Waals surface area contributed by atoms with Gasteiger partial charge in [-0.05, 0) is 25.0 Å². The van der Waals surface area contributed by atoms with Gasteiger partial charge in [-0.15, -0.1) is 0 Å². The summed E-state index contributed by atoms with van der Waals surface area (Å²) in [6, 6.07) is 2.43. The summed E-state index contributed by atoms with van der Waals surface area (Å²) in [5.41, 5.74) is -0.232. The molecule has 110 valence electrons. The van der Waals surface area contributed by atoms with E-state index in [-0.39, 0.29) is 10.8 Å². The minimum absolute atomic E-state index is 0.232. The van der Waals surface area contributed by atoms with Gasteiger partial charge in [-0.3, -0.25) is 4.79 Å². The summed E-state index contributed by atoms with van der Waals surface area (Å²) in [6.45, 7) is 0.960. The molecule has 1 fully saturated rings. The fourth-order valence-electron chi connectivity index (χ4n) is 2.08. The van der Waals surface area contributed by atoms with E-state index in [2.05, 4.69) is 4.36 Å². The van der Waals surface area contributed by atoms with Gasteiger partial charge in [0.2, 0.25) is 0 Å². The Morgan fingerprint density at radius 1 is 1.25 bits per heavy atom. The molecule has 0 bridgehead atoms. The first-order valence-corrected chi connectivity index (χ1v) is 8.16. The van der Waals surface area contributed by atoms with Gasteiger partial charge >= 0.3 is 0 Å². The third-order valence-electron chi connectivity index (χ3n) is 3.16. The van der Waals surface area contributed by atoms with E-state index in [0.29, 0.717) is 32.1 Å². The highest BCUT2D eigenvalue weighted by molar-refractivity contribution is 7.93. The van der Waals surface area contributed by atoms with E-state index < -0.39 is 27.3 Å². The maximum atomic E-state index is 13.1. The molecule has 1 aromatic carbocycles. The summed E-state index contributed by atoms with van der Waals surface area (Å²) in [5.74, 6) is -2.59. The quantitative estimate of drug-likeness (QED) is 0.843. The van der Waals surface area contributed by atoms with Crippen LogP contribution in [0.25, 0.3) is 0 Å². The maximum absolute atomic E-state index is 13.1. The summed E-state index contributed by atoms with van der Waals surface area (Å²) >= 11 is 0. The van der Waals surface area contributed by atoms with Gasteiger partial charge in [-0.1, -0.05) is 0 Å². The first-order valence-electron chi connectivity index (χ1n) is 6.17. The van der Waals surface area contributed by atoms with Crippen molar-refractivity contribution in [2.75, 3.05) is 19.5 Å². The summed E-state index contributed by atoms with van der Waals surface area (Å²) in [6.07, 6.45) is 2.52. The van der Waals surface area contributed by atoms with Gasteiger partial charge in [0.25, 0.3) is 5.91 Å². The molecule has 1 unspecified atom stereocenters. The molecule has 1 aromatic rings. The van der Waals surface area contributed by atoms with Gasteiger partial charge in [0.1, 0.15) is 11.6 Å². The number of nitrogens with zero attached hydrogens (tertiary/aromatic N) is 1. The molecule has 1 aliphatic rings. The molecule has 1 heterocycles. The number of carbonyl (C=O) groups excluding carboxylic acids is 1. The Bertz CT molecular complexity index is 612. The first-order chi connectivity index (χ1) is 9.38. The Morgan fingerprint density at radius 2 is 1.80 bits per heavy atom. The van der Waals surface area contributed by atoms with Crippen molar-refractivity contribution in [3.8, 4) is 0 Å². The van der Waals surface area contributed by atoms with E-state index in [1.54, 1.807) is 0 Å². The Kier molecular flexibility index (Phi) is 4.49. The van der Waals surface area contributed by atoms with Crippen molar-refractivity contribution in [2.45, 2.75) is 18.1 Å². The number of hydrogen-bond acceptors (Lipinski definition) is 3. The van der Waals surface area contributed by atoms with Crippen LogP contribution in [0.2, 0.25) is 0 Å². The fraction of sp³-hybridized carbons (Fsp3) is 0.462. The fourth-order valence-corrected chi connectivity index (χ4v) is 3.73. The van der Waals surface area contributed by atoms with E-state index in [1.165, 1.54) is 6.26 Å². The van der Waals surface area contributed by atoms with Crippen molar-refractivity contribution in [1.82, 2.24) is 0 Å². The van der Waals surface area contributed by atoms with Crippen LogP contribution in [0, 0.1) is 11.6 Å². The molecule has 1 atom stereocenters. The lowest BCUT2D eigenvalue weighted by Gasteiger charge is -2.22. The van der Waals surface area contributed by atoms with E-state index in [1.807, 2.05) is 0 Å². The number of halogens is 2. The molecule has 0 saturated carbocycles. The average molecular weight is 303 g/mol. The lowest BCUT2D eigenvalue weighted by molar-refractivity contribution is 0.0977. The highest BCUT2D eigenvalue weighted by atomic mass is 32.2. The molecule has 0 aromatic heterocycles. The van der Waals surface area contributed by atoms with Gasteiger partial charge in [-0.25, -0.2) is 13.0 Å². The molecule has 0 spiro atoms. The Balaban J connectivity index is 2.28. The molecule has 1 aliphatic heterocycles. The van der Waals surface area contributed by atoms with Crippen LogP contribution >= 0.6 is 0 Å². The maximum Gasteiger partial charge on any atom is 0.285 e. The smallest absolute Gasteiger partial charge is 0.285 e. The van der Waals surface area contributed by atoms with Crippen LogP contribution in [-0.2, 0) is 14.5 Å². The molecule has 0 aliphatic carbocycles. The second-order valence-corrected chi connectivity index (χ2v) is 7.30. The standard InChI is InChI=1S/C13H15F2NO3S/c1-20(18,12-2-4-19-5-3-12)16-13(17)9-6-10(14)8-11(15)7-9/h6-8,12H,2-5H2,1H3. The van der Waals surface area contributed by atoms with Crippen LogP contribution in [0.1, 0.15) is 23.2 Å². The zero-order chi connectivity index (χ0) is 14.8. The SMILES string of the molecule is CS(=O)(=NC(=O)c1cc(F)cc(F)c1)C1CCOCC1. The van der Waals surface area contributed by atoms with E-state index in [9.17, 15) is 17.8 Å². The lowest BCUT2D eigenvalue weighted by atomic mass is 10.2. The monoisotopic (exact) mass is 303 g/mol. The Labute approximate surface area is 116 Å². The van der Waals surface area contributed by atoms with E-state index in [0.717, 1.165) is 12.1 Å². The molecule has 7 heteroatoms. The summed E-state index contributed by atoms with van der Waals surface area (Å²) in [4.78, 5) is 11.9. The van der Waals surface area contributed by atoms with Crippen molar-refractivity contribution in [3.05, 3.63) is 35.4 Å². The number of hydrogen-bond donors (Lipinski definition) is 0. The predicted octanol–water partition coefficient (Wildman–Crippen LogP) is 2.38. The zero-order valence-corrected chi connectivity index (χ0v) is 11.8. The predicted molar refractivity (Wildman–Crippen MR) is 71.0 cm³/mol. The molecule has 0 N–H and O–H groups in total. The van der Waals surface area contributed by atoms with Crippen molar-refractivity contribution in [3.63, 3.8) is 0 Å². The number of benzene rings is 1. The van der Waals surface area contributed by atoms with E-state index >= 15 is 0 Å². The minimum atomic E-state index is -2.76. The lowest BCUT2D eigenvalue weighted by Crippen LogP contribution is -2.28. The molecule has 4 nitrogen and oxygen atoms in total. The van der Waals surface area contributed by atoms with E-state index in [4.69, 9.17) is 4.74 Å². The summed E-state index contributed by atoms with van der Waals surface area (Å²) < 4.78 is 47.4. The second kappa shape index (κ2) is 5.97. The van der Waals surface area contributed by atoms with Crippen LogP contribution in [0.15, 0.2) is 22.6 Å². The zero-order valence-electron chi connectivity index (χ0n) is 11.0. The minimum Gasteiger partial charge on any atom is -0.381 e. The first kappa shape index (κ1) is 15.1. The molecular weight excluding hydrogens is 288 g/mol. The molecule has 20 heavy (non-hydrogen) atoms. The van der Waals surface area contributed by atoms with Crippen LogP contribution < -0.4 is 0 Å². The Hall–Kier alpha value is -1.34. The highest BCUT2D eigenvalue weighted by Crippen LogP contribution is 2.18. The molecule has 0 radical (unpaired) electrons. The van der Waals surface area contributed by atoms with Crippen LogP contribution in [-0.4, -0.2) is 34.8 Å². The van der Waals surface area contributed by atoms with Crippen molar-refractivity contribution in [1.29, 1.82) is 0 Å². The van der Waals surface area contributed by atoms with Crippen LogP contribution in [0.3, 0.4) is 0 Å². The van der Waals surface area contributed by atoms with Crippen LogP contribution in [0.5, 0.6) is 0 Å². The largest absolute Gasteiger partial charge is 0.381 e. The number of amides is 1. The Morgan fingerprint density at radius 3 is 2.35 bits per heavy atom. The van der Waals surface area contributed by atoms with Crippen molar-refractivity contribution in [2.24, 2.45) is 4.36 Å². The van der Waals surface area contributed by atoms with Crippen LogP contribution in [0.4, 0.5) is 8.78 Å². The summed E-state index contributed by atoms with van der Waals surface area (Å²) in [7, 11) is -2.76. The molecule has 1 saturated heterocycles. The molecule has 2 rings (SSSR count). The number of ether oxygens (including phenoxy) is 1. The van der Waals surface area contributed by atoms with Gasteiger partial charge in [0.05, 0.1) is 9.73 Å².